The molecular formula is C13H17F2N. The van der Waals surface area contributed by atoms with Gasteiger partial charge in [0.15, 0.2) is 11.6 Å². The van der Waals surface area contributed by atoms with Crippen LogP contribution in [0.1, 0.15) is 31.2 Å². The summed E-state index contributed by atoms with van der Waals surface area (Å²) < 4.78 is 26.2. The van der Waals surface area contributed by atoms with Crippen LogP contribution >= 0.6 is 0 Å². The third-order valence-corrected chi connectivity index (χ3v) is 3.25. The average molecular weight is 225 g/mol. The van der Waals surface area contributed by atoms with Gasteiger partial charge in [0, 0.05) is 12.1 Å². The standard InChI is InChI=1S/C13H17F2N/c14-12-7-3-6-11(13(12)15)9-16-8-10-4-1-2-5-10/h3,6-7,10,16H,1-2,4-5,8-9H2. The van der Waals surface area contributed by atoms with Gasteiger partial charge in [-0.2, -0.15) is 0 Å². The van der Waals surface area contributed by atoms with Crippen LogP contribution in [0.25, 0.3) is 0 Å². The lowest BCUT2D eigenvalue weighted by molar-refractivity contribution is 0.467. The van der Waals surface area contributed by atoms with Crippen LogP contribution in [-0.2, 0) is 6.54 Å². The van der Waals surface area contributed by atoms with Crippen LogP contribution in [0.3, 0.4) is 0 Å². The molecule has 0 amide bonds. The fourth-order valence-corrected chi connectivity index (χ4v) is 2.31. The normalized spacial score (nSPS) is 16.9. The zero-order chi connectivity index (χ0) is 11.4. The Morgan fingerprint density at radius 1 is 1.19 bits per heavy atom. The molecule has 0 atom stereocenters. The number of hydrogen-bond donors (Lipinski definition) is 1. The summed E-state index contributed by atoms with van der Waals surface area (Å²) in [6, 6.07) is 4.32. The molecule has 0 radical (unpaired) electrons. The Morgan fingerprint density at radius 2 is 1.94 bits per heavy atom. The lowest BCUT2D eigenvalue weighted by Gasteiger charge is -2.11. The van der Waals surface area contributed by atoms with E-state index in [-0.39, 0.29) is 0 Å². The van der Waals surface area contributed by atoms with E-state index in [1.807, 2.05) is 0 Å². The van der Waals surface area contributed by atoms with Crippen LogP contribution in [-0.4, -0.2) is 6.54 Å². The summed E-state index contributed by atoms with van der Waals surface area (Å²) in [6.07, 6.45) is 5.14. The van der Waals surface area contributed by atoms with Crippen LogP contribution in [0.2, 0.25) is 0 Å². The SMILES string of the molecule is Fc1cccc(CNCC2CCCC2)c1F. The Hall–Kier alpha value is -0.960. The first-order valence-corrected chi connectivity index (χ1v) is 5.91. The molecule has 1 aromatic carbocycles. The van der Waals surface area contributed by atoms with E-state index in [1.165, 1.54) is 25.7 Å². The Morgan fingerprint density at radius 3 is 2.69 bits per heavy atom. The van der Waals surface area contributed by atoms with Gasteiger partial charge in [0.2, 0.25) is 0 Å². The van der Waals surface area contributed by atoms with Crippen molar-refractivity contribution in [2.24, 2.45) is 5.92 Å². The molecule has 0 unspecified atom stereocenters. The van der Waals surface area contributed by atoms with Gasteiger partial charge in [0.05, 0.1) is 0 Å². The molecule has 0 spiro atoms. The van der Waals surface area contributed by atoms with Gasteiger partial charge in [0.1, 0.15) is 0 Å². The van der Waals surface area contributed by atoms with Gasteiger partial charge in [-0.3, -0.25) is 0 Å². The van der Waals surface area contributed by atoms with Gasteiger partial charge in [-0.1, -0.05) is 25.0 Å². The molecule has 0 bridgehead atoms. The summed E-state index contributed by atoms with van der Waals surface area (Å²) in [4.78, 5) is 0. The van der Waals surface area contributed by atoms with Crippen molar-refractivity contribution in [2.75, 3.05) is 6.54 Å². The minimum atomic E-state index is -0.764. The highest BCUT2D eigenvalue weighted by molar-refractivity contribution is 5.18. The van der Waals surface area contributed by atoms with Crippen molar-refractivity contribution in [1.82, 2.24) is 5.32 Å². The van der Waals surface area contributed by atoms with Crippen molar-refractivity contribution in [2.45, 2.75) is 32.2 Å². The minimum absolute atomic E-state index is 0.415. The third kappa shape index (κ3) is 2.79. The number of nitrogens with one attached hydrogen (secondary N) is 1. The van der Waals surface area contributed by atoms with Gasteiger partial charge in [-0.25, -0.2) is 8.78 Å². The van der Waals surface area contributed by atoms with E-state index < -0.39 is 11.6 Å². The lowest BCUT2D eigenvalue weighted by atomic mass is 10.1. The summed E-state index contributed by atoms with van der Waals surface area (Å²) in [5.74, 6) is -0.766. The van der Waals surface area contributed by atoms with E-state index in [0.29, 0.717) is 12.1 Å². The second kappa shape index (κ2) is 5.39. The first-order chi connectivity index (χ1) is 7.77. The van der Waals surface area contributed by atoms with Crippen LogP contribution in [0, 0.1) is 17.6 Å². The Labute approximate surface area is 94.9 Å². The van der Waals surface area contributed by atoms with Gasteiger partial charge in [-0.15, -0.1) is 0 Å². The highest BCUT2D eigenvalue weighted by Crippen LogP contribution is 2.23. The van der Waals surface area contributed by atoms with Crippen LogP contribution in [0.15, 0.2) is 18.2 Å². The third-order valence-electron chi connectivity index (χ3n) is 3.25. The van der Waals surface area contributed by atoms with E-state index in [1.54, 1.807) is 12.1 Å². The summed E-state index contributed by atoms with van der Waals surface area (Å²) in [5.41, 5.74) is 0.415. The largest absolute Gasteiger partial charge is 0.312 e. The molecule has 1 aromatic rings. The molecule has 1 aliphatic carbocycles. The van der Waals surface area contributed by atoms with E-state index in [4.69, 9.17) is 0 Å². The number of hydrogen-bond acceptors (Lipinski definition) is 1. The fourth-order valence-electron chi connectivity index (χ4n) is 2.31. The summed E-state index contributed by atoms with van der Waals surface area (Å²) in [7, 11) is 0. The topological polar surface area (TPSA) is 12.0 Å². The molecule has 0 aromatic heterocycles. The molecule has 1 N–H and O–H groups in total. The highest BCUT2D eigenvalue weighted by Gasteiger charge is 2.14. The maximum Gasteiger partial charge on any atom is 0.163 e. The number of benzene rings is 1. The second-order valence-corrected chi connectivity index (χ2v) is 4.49. The first kappa shape index (κ1) is 11.5. The van der Waals surface area contributed by atoms with Crippen molar-refractivity contribution in [1.29, 1.82) is 0 Å². The average Bonchev–Trinajstić information content (AvgIpc) is 2.77. The Kier molecular flexibility index (Phi) is 3.88. The molecule has 1 saturated carbocycles. The molecule has 16 heavy (non-hydrogen) atoms. The predicted octanol–water partition coefficient (Wildman–Crippen LogP) is 3.24. The molecule has 1 fully saturated rings. The van der Waals surface area contributed by atoms with Crippen molar-refractivity contribution < 1.29 is 8.78 Å². The van der Waals surface area contributed by atoms with Crippen molar-refractivity contribution in [3.8, 4) is 0 Å². The molecule has 2 rings (SSSR count). The Bertz CT molecular complexity index is 346. The van der Waals surface area contributed by atoms with E-state index in [2.05, 4.69) is 5.32 Å². The molecule has 0 saturated heterocycles. The van der Waals surface area contributed by atoms with Gasteiger partial charge < -0.3 is 5.32 Å². The van der Waals surface area contributed by atoms with Gasteiger partial charge >= 0.3 is 0 Å². The van der Waals surface area contributed by atoms with Crippen LogP contribution in [0.4, 0.5) is 8.78 Å². The number of halogens is 2. The van der Waals surface area contributed by atoms with Gasteiger partial charge in [-0.05, 0) is 31.4 Å². The van der Waals surface area contributed by atoms with E-state index >= 15 is 0 Å². The van der Waals surface area contributed by atoms with Crippen molar-refractivity contribution >= 4 is 0 Å². The number of rotatable bonds is 4. The maximum absolute atomic E-state index is 13.3. The minimum Gasteiger partial charge on any atom is -0.312 e. The fraction of sp³-hybridized carbons (Fsp3) is 0.538. The molecule has 0 heterocycles. The smallest absolute Gasteiger partial charge is 0.163 e. The molecular weight excluding hydrogens is 208 g/mol. The molecule has 0 aliphatic heterocycles. The quantitative estimate of drug-likeness (QED) is 0.829. The molecule has 88 valence electrons. The van der Waals surface area contributed by atoms with E-state index in [0.717, 1.165) is 18.5 Å². The highest BCUT2D eigenvalue weighted by atomic mass is 19.2. The van der Waals surface area contributed by atoms with E-state index in [9.17, 15) is 8.78 Å². The van der Waals surface area contributed by atoms with Crippen molar-refractivity contribution in [3.63, 3.8) is 0 Å². The lowest BCUT2D eigenvalue weighted by Crippen LogP contribution is -2.21. The molecule has 3 heteroatoms. The summed E-state index contributed by atoms with van der Waals surface area (Å²) in [5, 5.41) is 3.20. The van der Waals surface area contributed by atoms with Crippen molar-refractivity contribution in [3.05, 3.63) is 35.4 Å². The zero-order valence-electron chi connectivity index (χ0n) is 9.31. The first-order valence-electron chi connectivity index (χ1n) is 5.91. The second-order valence-electron chi connectivity index (χ2n) is 4.49. The summed E-state index contributed by atoms with van der Waals surface area (Å²) >= 11 is 0. The van der Waals surface area contributed by atoms with Gasteiger partial charge in [0.25, 0.3) is 0 Å². The predicted molar refractivity (Wildman–Crippen MR) is 60.0 cm³/mol. The monoisotopic (exact) mass is 225 g/mol. The van der Waals surface area contributed by atoms with Crippen LogP contribution < -0.4 is 5.32 Å². The maximum atomic E-state index is 13.3. The van der Waals surface area contributed by atoms with Crippen LogP contribution in [0.5, 0.6) is 0 Å². The zero-order valence-corrected chi connectivity index (χ0v) is 9.31. The molecule has 1 aliphatic rings. The Balaban J connectivity index is 1.82. The summed E-state index contributed by atoms with van der Waals surface area (Å²) in [6.45, 7) is 1.33. The molecule has 1 nitrogen and oxygen atoms in total.